The molecular formula is C17H24N4OS2. The molecule has 1 N–H and O–H groups in total. The zero-order valence-corrected chi connectivity index (χ0v) is 15.8. The Labute approximate surface area is 152 Å². The molecule has 1 aromatic heterocycles. The van der Waals surface area contributed by atoms with Gasteiger partial charge in [0.15, 0.2) is 3.95 Å². The molecule has 0 saturated carbocycles. The van der Waals surface area contributed by atoms with Gasteiger partial charge in [-0.25, -0.2) is 4.68 Å². The Morgan fingerprint density at radius 3 is 2.83 bits per heavy atom. The van der Waals surface area contributed by atoms with E-state index in [2.05, 4.69) is 22.2 Å². The number of benzene rings is 1. The summed E-state index contributed by atoms with van der Waals surface area (Å²) in [5.74, 6) is 0.842. The van der Waals surface area contributed by atoms with Gasteiger partial charge in [0.2, 0.25) is 5.13 Å². The summed E-state index contributed by atoms with van der Waals surface area (Å²) in [5.41, 5.74) is 0.983. The summed E-state index contributed by atoms with van der Waals surface area (Å²) in [6.07, 6.45) is 5.08. The molecule has 0 spiro atoms. The van der Waals surface area contributed by atoms with Crippen molar-refractivity contribution in [1.29, 1.82) is 0 Å². The fourth-order valence-electron chi connectivity index (χ4n) is 3.12. The first kappa shape index (κ1) is 17.4. The van der Waals surface area contributed by atoms with Crippen LogP contribution in [0.15, 0.2) is 24.3 Å². The number of hydrogen-bond donors (Lipinski definition) is 1. The van der Waals surface area contributed by atoms with E-state index in [9.17, 15) is 0 Å². The van der Waals surface area contributed by atoms with E-state index in [0.29, 0.717) is 6.04 Å². The van der Waals surface area contributed by atoms with Crippen LogP contribution in [0.25, 0.3) is 0 Å². The van der Waals surface area contributed by atoms with Crippen LogP contribution >= 0.6 is 23.6 Å². The van der Waals surface area contributed by atoms with Crippen LogP contribution in [0.5, 0.6) is 5.75 Å². The smallest absolute Gasteiger partial charge is 0.209 e. The molecule has 0 bridgehead atoms. The highest BCUT2D eigenvalue weighted by Gasteiger charge is 2.21. The average Bonchev–Trinajstić information content (AvgIpc) is 2.95. The van der Waals surface area contributed by atoms with Gasteiger partial charge in [-0.2, -0.15) is 0 Å². The summed E-state index contributed by atoms with van der Waals surface area (Å²) in [5, 5.41) is 8.81. The molecule has 2 aromatic rings. The van der Waals surface area contributed by atoms with E-state index in [1.54, 1.807) is 7.11 Å². The lowest BCUT2D eigenvalue weighted by molar-refractivity contribution is 0.101. The highest BCUT2D eigenvalue weighted by Crippen LogP contribution is 2.24. The normalized spacial score (nSPS) is 18.5. The van der Waals surface area contributed by atoms with Crippen molar-refractivity contribution in [2.75, 3.05) is 19.0 Å². The first-order valence-electron chi connectivity index (χ1n) is 8.42. The molecule has 0 aliphatic carbocycles. The van der Waals surface area contributed by atoms with Crippen molar-refractivity contribution >= 4 is 34.4 Å². The third kappa shape index (κ3) is 4.15. The van der Waals surface area contributed by atoms with Gasteiger partial charge >= 0.3 is 0 Å². The van der Waals surface area contributed by atoms with Crippen LogP contribution in [0.4, 0.5) is 10.8 Å². The number of likely N-dealkylation sites (tertiary alicyclic amines) is 1. The minimum Gasteiger partial charge on any atom is -0.497 e. The minimum absolute atomic E-state index is 0.653. The largest absolute Gasteiger partial charge is 0.497 e. The van der Waals surface area contributed by atoms with Crippen LogP contribution in [-0.2, 0) is 6.67 Å². The summed E-state index contributed by atoms with van der Waals surface area (Å²) >= 11 is 7.02. The number of piperidine rings is 1. The molecule has 0 unspecified atom stereocenters. The van der Waals surface area contributed by atoms with E-state index in [1.165, 1.54) is 37.0 Å². The summed E-state index contributed by atoms with van der Waals surface area (Å²) in [6, 6.07) is 8.47. The van der Waals surface area contributed by atoms with Gasteiger partial charge in [-0.15, -0.1) is 5.10 Å². The summed E-state index contributed by atoms with van der Waals surface area (Å²) in [7, 11) is 1.67. The fourth-order valence-corrected chi connectivity index (χ4v) is 4.14. The first-order chi connectivity index (χ1) is 11.7. The Balaban J connectivity index is 1.69. The van der Waals surface area contributed by atoms with Crippen LogP contribution in [0.1, 0.15) is 32.6 Å². The monoisotopic (exact) mass is 364 g/mol. The van der Waals surface area contributed by atoms with Gasteiger partial charge < -0.3 is 10.1 Å². The number of nitrogens with one attached hydrogen (secondary N) is 1. The van der Waals surface area contributed by atoms with Gasteiger partial charge in [-0.05, 0) is 55.7 Å². The van der Waals surface area contributed by atoms with Crippen molar-refractivity contribution in [3.05, 3.63) is 28.2 Å². The number of ether oxygens (including phenoxy) is 1. The van der Waals surface area contributed by atoms with Crippen molar-refractivity contribution in [1.82, 2.24) is 14.7 Å². The van der Waals surface area contributed by atoms with E-state index in [-0.39, 0.29) is 0 Å². The zero-order valence-electron chi connectivity index (χ0n) is 14.2. The standard InChI is InChI=1S/C17H24N4OS2/c1-3-14-6-4-5-11-20(14)12-21-17(23)24-16(19-21)18-13-7-9-15(22-2)10-8-13/h7-10,14H,3-6,11-12H2,1-2H3,(H,18,19)/t14-/m1/s1. The highest BCUT2D eigenvalue weighted by atomic mass is 32.1. The van der Waals surface area contributed by atoms with Crippen LogP contribution in [0.2, 0.25) is 0 Å². The van der Waals surface area contributed by atoms with Crippen LogP contribution < -0.4 is 10.1 Å². The lowest BCUT2D eigenvalue weighted by Gasteiger charge is -2.34. The van der Waals surface area contributed by atoms with E-state index >= 15 is 0 Å². The Morgan fingerprint density at radius 1 is 1.33 bits per heavy atom. The number of hydrogen-bond acceptors (Lipinski definition) is 6. The van der Waals surface area contributed by atoms with Crippen LogP contribution in [0, 0.1) is 3.95 Å². The van der Waals surface area contributed by atoms with Crippen molar-refractivity contribution < 1.29 is 4.74 Å². The fraction of sp³-hybridized carbons (Fsp3) is 0.529. The Morgan fingerprint density at radius 2 is 2.12 bits per heavy atom. The molecule has 1 aromatic carbocycles. The van der Waals surface area contributed by atoms with E-state index in [1.807, 2.05) is 28.9 Å². The third-order valence-electron chi connectivity index (χ3n) is 4.48. The second-order valence-corrected chi connectivity index (χ2v) is 7.66. The molecule has 1 aliphatic rings. The third-order valence-corrected chi connectivity index (χ3v) is 5.71. The van der Waals surface area contributed by atoms with Gasteiger partial charge in [0.25, 0.3) is 0 Å². The second kappa shape index (κ2) is 8.09. The van der Waals surface area contributed by atoms with Crippen molar-refractivity contribution in [3.8, 4) is 5.75 Å². The quantitative estimate of drug-likeness (QED) is 0.756. The predicted molar refractivity (Wildman–Crippen MR) is 102 cm³/mol. The molecule has 130 valence electrons. The van der Waals surface area contributed by atoms with E-state index in [0.717, 1.165) is 33.7 Å². The molecule has 1 aliphatic heterocycles. The SMILES string of the molecule is CC[C@@H]1CCCCN1Cn1nc(Nc2ccc(OC)cc2)sc1=S. The van der Waals surface area contributed by atoms with Gasteiger partial charge in [0.1, 0.15) is 5.75 Å². The maximum absolute atomic E-state index is 5.50. The van der Waals surface area contributed by atoms with Crippen molar-refractivity contribution in [3.63, 3.8) is 0 Å². The molecule has 24 heavy (non-hydrogen) atoms. The second-order valence-electron chi connectivity index (χ2n) is 6.04. The summed E-state index contributed by atoms with van der Waals surface area (Å²) < 4.78 is 7.94. The lowest BCUT2D eigenvalue weighted by atomic mass is 10.0. The lowest BCUT2D eigenvalue weighted by Crippen LogP contribution is -2.40. The Kier molecular flexibility index (Phi) is 5.86. The summed E-state index contributed by atoms with van der Waals surface area (Å²) in [6.45, 7) is 4.19. The van der Waals surface area contributed by atoms with Crippen LogP contribution in [0.3, 0.4) is 0 Å². The molecule has 7 heteroatoms. The average molecular weight is 365 g/mol. The van der Waals surface area contributed by atoms with Gasteiger partial charge in [0, 0.05) is 18.3 Å². The van der Waals surface area contributed by atoms with Crippen LogP contribution in [-0.4, -0.2) is 34.4 Å². The number of aromatic nitrogens is 2. The molecule has 0 amide bonds. The molecule has 2 heterocycles. The van der Waals surface area contributed by atoms with E-state index < -0.39 is 0 Å². The molecule has 0 radical (unpaired) electrons. The van der Waals surface area contributed by atoms with Crippen molar-refractivity contribution in [2.45, 2.75) is 45.3 Å². The minimum atomic E-state index is 0.653. The number of nitrogens with zero attached hydrogens (tertiary/aromatic N) is 3. The molecule has 5 nitrogen and oxygen atoms in total. The zero-order chi connectivity index (χ0) is 16.9. The number of rotatable bonds is 6. The number of anilines is 2. The van der Waals surface area contributed by atoms with Crippen molar-refractivity contribution in [2.24, 2.45) is 0 Å². The van der Waals surface area contributed by atoms with Gasteiger partial charge in [0.05, 0.1) is 13.8 Å². The molecule has 1 saturated heterocycles. The molecule has 1 atom stereocenters. The molecular weight excluding hydrogens is 340 g/mol. The first-order valence-corrected chi connectivity index (χ1v) is 9.65. The maximum atomic E-state index is 5.50. The molecule has 3 rings (SSSR count). The number of methoxy groups -OCH3 is 1. The predicted octanol–water partition coefficient (Wildman–Crippen LogP) is 4.65. The topological polar surface area (TPSA) is 42.3 Å². The maximum Gasteiger partial charge on any atom is 0.209 e. The van der Waals surface area contributed by atoms with E-state index in [4.69, 9.17) is 17.0 Å². The van der Waals surface area contributed by atoms with Gasteiger partial charge in [-0.3, -0.25) is 4.90 Å². The highest BCUT2D eigenvalue weighted by molar-refractivity contribution is 7.73. The Hall–Kier alpha value is -1.44. The Bertz CT molecular complexity index is 710. The van der Waals surface area contributed by atoms with Gasteiger partial charge in [-0.1, -0.05) is 24.7 Å². The molecule has 1 fully saturated rings. The summed E-state index contributed by atoms with van der Waals surface area (Å²) in [4.78, 5) is 2.51.